The number of morpholine rings is 1. The van der Waals surface area contributed by atoms with E-state index >= 15 is 0 Å². The first-order chi connectivity index (χ1) is 12.8. The zero-order valence-electron chi connectivity index (χ0n) is 16.4. The number of β-amino-alcohol motifs (C(OH)–C–C–N with tert-alkyl or cyclic N) is 1. The van der Waals surface area contributed by atoms with Crippen molar-refractivity contribution in [3.63, 3.8) is 0 Å². The quantitative estimate of drug-likeness (QED) is 0.794. The standard InChI is InChI=1S/C19H30N4O4/c1-4-19(26)6-5-7-23(13-19)17-20-12-14(18(2,3)16(24)25)15(21-17)22-8-10-27-11-9-22/h12,26H,4-11,13H2,1-3H3,(H,24,25)/t19-/m1/s1. The third-order valence-corrected chi connectivity index (χ3v) is 5.77. The molecule has 0 bridgehead atoms. The van der Waals surface area contributed by atoms with Crippen molar-refractivity contribution in [3.8, 4) is 0 Å². The van der Waals surface area contributed by atoms with Crippen LogP contribution in [0.15, 0.2) is 6.20 Å². The van der Waals surface area contributed by atoms with Crippen molar-refractivity contribution in [1.29, 1.82) is 0 Å². The van der Waals surface area contributed by atoms with Crippen LogP contribution in [0.1, 0.15) is 45.6 Å². The molecule has 2 saturated heterocycles. The Labute approximate surface area is 160 Å². The van der Waals surface area contributed by atoms with Gasteiger partial charge in [0.05, 0.1) is 24.2 Å². The van der Waals surface area contributed by atoms with Gasteiger partial charge in [-0.05, 0) is 33.1 Å². The van der Waals surface area contributed by atoms with Crippen LogP contribution in [0.2, 0.25) is 0 Å². The molecule has 8 heteroatoms. The highest BCUT2D eigenvalue weighted by Gasteiger charge is 2.37. The Hall–Kier alpha value is -1.93. The lowest BCUT2D eigenvalue weighted by Crippen LogP contribution is -2.48. The second-order valence-corrected chi connectivity index (χ2v) is 8.04. The van der Waals surface area contributed by atoms with Gasteiger partial charge in [0.15, 0.2) is 0 Å². The molecule has 2 aliphatic heterocycles. The number of aliphatic hydroxyl groups is 1. The van der Waals surface area contributed by atoms with Crippen LogP contribution >= 0.6 is 0 Å². The third-order valence-electron chi connectivity index (χ3n) is 5.77. The second kappa shape index (κ2) is 7.59. The normalized spacial score (nSPS) is 24.1. The number of carboxylic acid groups (broad SMARTS) is 1. The Kier molecular flexibility index (Phi) is 5.58. The van der Waals surface area contributed by atoms with Gasteiger partial charge in [-0.15, -0.1) is 0 Å². The molecule has 2 N–H and O–H groups in total. The minimum Gasteiger partial charge on any atom is -0.481 e. The van der Waals surface area contributed by atoms with Crippen LogP contribution < -0.4 is 9.80 Å². The molecule has 0 radical (unpaired) electrons. The summed E-state index contributed by atoms with van der Waals surface area (Å²) in [5.41, 5.74) is -1.22. The van der Waals surface area contributed by atoms with E-state index in [-0.39, 0.29) is 0 Å². The van der Waals surface area contributed by atoms with Gasteiger partial charge in [0.1, 0.15) is 5.82 Å². The zero-order chi connectivity index (χ0) is 19.7. The van der Waals surface area contributed by atoms with Gasteiger partial charge < -0.3 is 24.7 Å². The highest BCUT2D eigenvalue weighted by Crippen LogP contribution is 2.34. The summed E-state index contributed by atoms with van der Waals surface area (Å²) in [6, 6.07) is 0. The van der Waals surface area contributed by atoms with E-state index in [1.807, 2.05) is 11.8 Å². The monoisotopic (exact) mass is 378 g/mol. The van der Waals surface area contributed by atoms with Crippen molar-refractivity contribution in [2.75, 3.05) is 49.2 Å². The molecule has 2 fully saturated rings. The van der Waals surface area contributed by atoms with Crippen molar-refractivity contribution in [2.45, 2.75) is 51.0 Å². The Morgan fingerprint density at radius 3 is 2.63 bits per heavy atom. The molecule has 3 rings (SSSR count). The maximum atomic E-state index is 11.8. The second-order valence-electron chi connectivity index (χ2n) is 8.04. The number of hydrogen-bond acceptors (Lipinski definition) is 7. The van der Waals surface area contributed by atoms with E-state index in [1.165, 1.54) is 0 Å². The number of carbonyl (C=O) groups is 1. The molecular weight excluding hydrogens is 348 g/mol. The minimum atomic E-state index is -1.10. The Bertz CT molecular complexity index is 690. The van der Waals surface area contributed by atoms with Crippen LogP contribution in [-0.2, 0) is 14.9 Å². The average molecular weight is 378 g/mol. The number of aliphatic carboxylic acids is 1. The SMILES string of the molecule is CC[C@@]1(O)CCCN(c2ncc(C(C)(C)C(=O)O)c(N3CCOCC3)n2)C1. The van der Waals surface area contributed by atoms with Crippen LogP contribution in [0, 0.1) is 0 Å². The minimum absolute atomic E-state index is 0.494. The lowest BCUT2D eigenvalue weighted by molar-refractivity contribution is -0.142. The lowest BCUT2D eigenvalue weighted by atomic mass is 9.85. The summed E-state index contributed by atoms with van der Waals surface area (Å²) in [5.74, 6) is 0.293. The van der Waals surface area contributed by atoms with Crippen LogP contribution in [0.3, 0.4) is 0 Å². The molecule has 0 spiro atoms. The fraction of sp³-hybridized carbons (Fsp3) is 0.737. The maximum absolute atomic E-state index is 11.8. The predicted octanol–water partition coefficient (Wildman–Crippen LogP) is 1.42. The molecule has 0 aromatic carbocycles. The van der Waals surface area contributed by atoms with Gasteiger partial charge in [0.2, 0.25) is 5.95 Å². The Balaban J connectivity index is 1.99. The largest absolute Gasteiger partial charge is 0.481 e. The lowest BCUT2D eigenvalue weighted by Gasteiger charge is -2.39. The predicted molar refractivity (Wildman–Crippen MR) is 102 cm³/mol. The van der Waals surface area contributed by atoms with Crippen LogP contribution in [0.5, 0.6) is 0 Å². The number of carboxylic acids is 1. The fourth-order valence-electron chi connectivity index (χ4n) is 3.66. The van der Waals surface area contributed by atoms with Crippen LogP contribution in [0.25, 0.3) is 0 Å². The summed E-state index contributed by atoms with van der Waals surface area (Å²) >= 11 is 0. The number of piperidine rings is 1. The topological polar surface area (TPSA) is 99.0 Å². The van der Waals surface area contributed by atoms with Crippen LogP contribution in [0.4, 0.5) is 11.8 Å². The van der Waals surface area contributed by atoms with Gasteiger partial charge in [-0.25, -0.2) is 4.98 Å². The van der Waals surface area contributed by atoms with Gasteiger partial charge in [-0.2, -0.15) is 4.98 Å². The van der Waals surface area contributed by atoms with Crippen molar-refractivity contribution < 1.29 is 19.7 Å². The van der Waals surface area contributed by atoms with Gasteiger partial charge in [-0.3, -0.25) is 4.79 Å². The molecule has 0 aliphatic carbocycles. The maximum Gasteiger partial charge on any atom is 0.313 e. The number of nitrogens with zero attached hydrogens (tertiary/aromatic N) is 4. The summed E-state index contributed by atoms with van der Waals surface area (Å²) in [7, 11) is 0. The smallest absolute Gasteiger partial charge is 0.313 e. The molecule has 3 heterocycles. The fourth-order valence-corrected chi connectivity index (χ4v) is 3.66. The van der Waals surface area contributed by atoms with E-state index in [9.17, 15) is 15.0 Å². The first-order valence-electron chi connectivity index (χ1n) is 9.68. The van der Waals surface area contributed by atoms with Crippen molar-refractivity contribution in [3.05, 3.63) is 11.8 Å². The molecule has 8 nitrogen and oxygen atoms in total. The number of rotatable bonds is 5. The van der Waals surface area contributed by atoms with Gasteiger partial charge >= 0.3 is 5.97 Å². The van der Waals surface area contributed by atoms with Crippen molar-refractivity contribution >= 4 is 17.7 Å². The summed E-state index contributed by atoms with van der Waals surface area (Å²) in [4.78, 5) is 25.2. The number of ether oxygens (including phenoxy) is 1. The molecule has 0 unspecified atom stereocenters. The summed E-state index contributed by atoms with van der Waals surface area (Å²) < 4.78 is 5.44. The Morgan fingerprint density at radius 2 is 2.00 bits per heavy atom. The van der Waals surface area contributed by atoms with E-state index < -0.39 is 17.0 Å². The molecule has 0 amide bonds. The number of anilines is 2. The Morgan fingerprint density at radius 1 is 1.30 bits per heavy atom. The summed E-state index contributed by atoms with van der Waals surface area (Å²) in [5, 5.41) is 20.4. The molecule has 1 atom stereocenters. The first kappa shape index (κ1) is 19.8. The van der Waals surface area contributed by atoms with Crippen LogP contribution in [-0.4, -0.2) is 71.1 Å². The van der Waals surface area contributed by atoms with E-state index in [4.69, 9.17) is 9.72 Å². The summed E-state index contributed by atoms with van der Waals surface area (Å²) in [6.07, 6.45) is 3.98. The molecular formula is C19H30N4O4. The highest BCUT2D eigenvalue weighted by atomic mass is 16.5. The van der Waals surface area contributed by atoms with Gasteiger partial charge in [-0.1, -0.05) is 6.92 Å². The molecule has 150 valence electrons. The average Bonchev–Trinajstić information content (AvgIpc) is 2.68. The molecule has 0 saturated carbocycles. The third kappa shape index (κ3) is 4.01. The van der Waals surface area contributed by atoms with E-state index in [1.54, 1.807) is 20.0 Å². The first-order valence-corrected chi connectivity index (χ1v) is 9.68. The molecule has 2 aliphatic rings. The number of hydrogen-bond donors (Lipinski definition) is 2. The van der Waals surface area contributed by atoms with E-state index in [0.29, 0.717) is 56.6 Å². The van der Waals surface area contributed by atoms with Gasteiger partial charge in [0, 0.05) is 37.9 Å². The van der Waals surface area contributed by atoms with E-state index in [0.717, 1.165) is 19.4 Å². The van der Waals surface area contributed by atoms with E-state index in [2.05, 4.69) is 9.88 Å². The number of aromatic nitrogens is 2. The zero-order valence-corrected chi connectivity index (χ0v) is 16.4. The van der Waals surface area contributed by atoms with Crippen molar-refractivity contribution in [1.82, 2.24) is 9.97 Å². The van der Waals surface area contributed by atoms with Crippen molar-refractivity contribution in [2.24, 2.45) is 0 Å². The van der Waals surface area contributed by atoms with Gasteiger partial charge in [0.25, 0.3) is 0 Å². The molecule has 1 aromatic rings. The molecule has 1 aromatic heterocycles. The molecule has 27 heavy (non-hydrogen) atoms. The summed E-state index contributed by atoms with van der Waals surface area (Å²) in [6.45, 7) is 9.12. The highest BCUT2D eigenvalue weighted by molar-refractivity contribution is 5.82.